The van der Waals surface area contributed by atoms with E-state index in [2.05, 4.69) is 26.8 Å². The number of aryl methyl sites for hydroxylation is 1. The van der Waals surface area contributed by atoms with E-state index in [1.807, 2.05) is 4.90 Å². The summed E-state index contributed by atoms with van der Waals surface area (Å²) in [6, 6.07) is 0. The fourth-order valence-electron chi connectivity index (χ4n) is 3.70. The first kappa shape index (κ1) is 15.9. The van der Waals surface area contributed by atoms with Crippen LogP contribution in [0.4, 0.5) is 0 Å². The van der Waals surface area contributed by atoms with Gasteiger partial charge in [-0.05, 0) is 18.8 Å². The number of aromatic amines is 1. The Morgan fingerprint density at radius 3 is 2.96 bits per heavy atom. The summed E-state index contributed by atoms with van der Waals surface area (Å²) in [5, 5.41) is 7.10. The van der Waals surface area contributed by atoms with Crippen molar-refractivity contribution < 1.29 is 18.7 Å². The minimum atomic E-state index is -0.522. The molecule has 3 heterocycles. The Morgan fingerprint density at radius 2 is 2.20 bits per heavy atom. The van der Waals surface area contributed by atoms with Gasteiger partial charge in [-0.2, -0.15) is 5.10 Å². The smallest absolute Gasteiger partial charge is 0.360 e. The number of aromatic nitrogens is 3. The second kappa shape index (κ2) is 6.02. The molecule has 0 aromatic carbocycles. The molecule has 2 atom stereocenters. The highest BCUT2D eigenvalue weighted by molar-refractivity contribution is 5.87. The molecule has 0 saturated carbocycles. The largest absolute Gasteiger partial charge is 0.464 e. The van der Waals surface area contributed by atoms with Crippen molar-refractivity contribution in [2.45, 2.75) is 31.6 Å². The van der Waals surface area contributed by atoms with Gasteiger partial charge in [0.05, 0.1) is 25.1 Å². The number of carbonyl (C=O) groups is 2. The Hall–Kier alpha value is -2.64. The van der Waals surface area contributed by atoms with Crippen LogP contribution in [0.25, 0.3) is 0 Å². The number of rotatable bonds is 3. The van der Waals surface area contributed by atoms with E-state index in [4.69, 9.17) is 4.42 Å². The molecule has 0 bridgehead atoms. The second-order valence-corrected chi connectivity index (χ2v) is 6.80. The van der Waals surface area contributed by atoms with Crippen LogP contribution in [-0.2, 0) is 16.0 Å². The minimum Gasteiger partial charge on any atom is -0.464 e. The fourth-order valence-corrected chi connectivity index (χ4v) is 3.70. The van der Waals surface area contributed by atoms with Gasteiger partial charge in [0, 0.05) is 24.3 Å². The Bertz CT molecular complexity index is 805. The zero-order valence-electron chi connectivity index (χ0n) is 14.2. The summed E-state index contributed by atoms with van der Waals surface area (Å²) in [6.07, 6.45) is 4.99. The summed E-state index contributed by atoms with van der Waals surface area (Å²) in [7, 11) is 1.30. The normalized spacial score (nSPS) is 23.0. The van der Waals surface area contributed by atoms with E-state index < -0.39 is 5.97 Å². The molecule has 8 nitrogen and oxygen atoms in total. The number of esters is 1. The van der Waals surface area contributed by atoms with Crippen LogP contribution < -0.4 is 0 Å². The van der Waals surface area contributed by atoms with Gasteiger partial charge < -0.3 is 14.1 Å². The third kappa shape index (κ3) is 2.61. The maximum Gasteiger partial charge on any atom is 0.360 e. The third-order valence-electron chi connectivity index (χ3n) is 5.23. The van der Waals surface area contributed by atoms with Crippen LogP contribution in [0.2, 0.25) is 0 Å². The summed E-state index contributed by atoms with van der Waals surface area (Å²) >= 11 is 0. The van der Waals surface area contributed by atoms with Gasteiger partial charge in [0.1, 0.15) is 6.26 Å². The maximum atomic E-state index is 12.9. The molecule has 1 saturated heterocycles. The van der Waals surface area contributed by atoms with Gasteiger partial charge in [0.15, 0.2) is 5.69 Å². The Kier molecular flexibility index (Phi) is 3.82. The number of nitrogens with zero attached hydrogens (tertiary/aromatic N) is 3. The first-order valence-electron chi connectivity index (χ1n) is 8.43. The van der Waals surface area contributed by atoms with E-state index in [9.17, 15) is 9.59 Å². The third-order valence-corrected chi connectivity index (χ3v) is 5.23. The number of ether oxygens (including phenoxy) is 1. The Labute approximate surface area is 144 Å². The standard InChI is InChI=1S/C17H20N4O4/c1-9-3-4-12-11(5-18-20-12)14(9)16(22)21-6-10(7-21)15-19-13(8-25-15)17(23)24-2/h5,8-10,14H,3-4,6-7H2,1-2H3,(H,18,20). The SMILES string of the molecule is COC(=O)c1coc(C2CN(C(=O)C3c4cn[nH]c4CCC3C)C2)n1. The van der Waals surface area contributed by atoms with Gasteiger partial charge in [-0.3, -0.25) is 9.89 Å². The predicted molar refractivity (Wildman–Crippen MR) is 86.0 cm³/mol. The summed E-state index contributed by atoms with van der Waals surface area (Å²) < 4.78 is 9.99. The number of H-pyrrole nitrogens is 1. The highest BCUT2D eigenvalue weighted by atomic mass is 16.5. The van der Waals surface area contributed by atoms with Gasteiger partial charge in [0.2, 0.25) is 11.8 Å². The number of likely N-dealkylation sites (tertiary alicyclic amines) is 1. The van der Waals surface area contributed by atoms with Crippen LogP contribution in [0.3, 0.4) is 0 Å². The van der Waals surface area contributed by atoms with Crippen molar-refractivity contribution in [2.75, 3.05) is 20.2 Å². The van der Waals surface area contributed by atoms with Crippen LogP contribution >= 0.6 is 0 Å². The van der Waals surface area contributed by atoms with Crippen LogP contribution in [0.15, 0.2) is 16.9 Å². The van der Waals surface area contributed by atoms with E-state index in [1.165, 1.54) is 13.4 Å². The first-order chi connectivity index (χ1) is 12.1. The molecular weight excluding hydrogens is 324 g/mol. The zero-order valence-corrected chi connectivity index (χ0v) is 14.2. The Morgan fingerprint density at radius 1 is 1.40 bits per heavy atom. The lowest BCUT2D eigenvalue weighted by atomic mass is 9.77. The van der Waals surface area contributed by atoms with Gasteiger partial charge in [-0.25, -0.2) is 9.78 Å². The van der Waals surface area contributed by atoms with Crippen LogP contribution in [-0.4, -0.2) is 52.2 Å². The molecule has 4 rings (SSSR count). The summed E-state index contributed by atoms with van der Waals surface area (Å²) in [5.41, 5.74) is 2.26. The van der Waals surface area contributed by atoms with E-state index >= 15 is 0 Å². The van der Waals surface area contributed by atoms with E-state index in [0.29, 0.717) is 24.9 Å². The highest BCUT2D eigenvalue weighted by Crippen LogP contribution is 2.38. The summed E-state index contributed by atoms with van der Waals surface area (Å²) in [5.74, 6) is 0.259. The molecule has 1 aliphatic heterocycles. The first-order valence-corrected chi connectivity index (χ1v) is 8.43. The molecule has 0 spiro atoms. The van der Waals surface area contributed by atoms with Crippen molar-refractivity contribution in [3.63, 3.8) is 0 Å². The molecule has 1 fully saturated rings. The predicted octanol–water partition coefficient (Wildman–Crippen LogP) is 1.48. The fraction of sp³-hybridized carbons (Fsp3) is 0.529. The lowest BCUT2D eigenvalue weighted by molar-refractivity contribution is -0.139. The molecule has 2 unspecified atom stereocenters. The molecule has 1 amide bonds. The van der Waals surface area contributed by atoms with Crippen molar-refractivity contribution >= 4 is 11.9 Å². The van der Waals surface area contributed by atoms with Gasteiger partial charge >= 0.3 is 5.97 Å². The molecule has 0 radical (unpaired) electrons. The maximum absolute atomic E-state index is 12.9. The molecule has 132 valence electrons. The molecule has 25 heavy (non-hydrogen) atoms. The summed E-state index contributed by atoms with van der Waals surface area (Å²) in [4.78, 5) is 30.4. The summed E-state index contributed by atoms with van der Waals surface area (Å²) in [6.45, 7) is 3.22. The van der Waals surface area contributed by atoms with Crippen molar-refractivity contribution in [3.05, 3.63) is 35.3 Å². The number of carbonyl (C=O) groups excluding carboxylic acids is 2. The van der Waals surface area contributed by atoms with Gasteiger partial charge in [-0.1, -0.05) is 6.92 Å². The molecule has 8 heteroatoms. The van der Waals surface area contributed by atoms with Crippen molar-refractivity contribution in [1.29, 1.82) is 0 Å². The van der Waals surface area contributed by atoms with Crippen molar-refractivity contribution in [1.82, 2.24) is 20.1 Å². The van der Waals surface area contributed by atoms with Crippen LogP contribution in [0.1, 0.15) is 52.8 Å². The quantitative estimate of drug-likeness (QED) is 0.846. The monoisotopic (exact) mass is 344 g/mol. The lowest BCUT2D eigenvalue weighted by Crippen LogP contribution is -2.51. The average molecular weight is 344 g/mol. The zero-order chi connectivity index (χ0) is 17.6. The molecule has 1 aliphatic carbocycles. The highest BCUT2D eigenvalue weighted by Gasteiger charge is 2.42. The van der Waals surface area contributed by atoms with Crippen LogP contribution in [0, 0.1) is 5.92 Å². The van der Waals surface area contributed by atoms with Crippen LogP contribution in [0.5, 0.6) is 0 Å². The number of nitrogens with one attached hydrogen (secondary N) is 1. The molecule has 2 aromatic rings. The van der Waals surface area contributed by atoms with Gasteiger partial charge in [0.25, 0.3) is 0 Å². The number of amides is 1. The molecule has 2 aliphatic rings. The Balaban J connectivity index is 1.43. The molecule has 1 N–H and O–H groups in total. The second-order valence-electron chi connectivity index (χ2n) is 6.80. The van der Waals surface area contributed by atoms with E-state index in [1.54, 1.807) is 6.20 Å². The minimum absolute atomic E-state index is 0.0186. The van der Waals surface area contributed by atoms with Gasteiger partial charge in [-0.15, -0.1) is 0 Å². The number of methoxy groups -OCH3 is 1. The lowest BCUT2D eigenvalue weighted by Gasteiger charge is -2.41. The van der Waals surface area contributed by atoms with Crippen molar-refractivity contribution in [3.8, 4) is 0 Å². The topological polar surface area (TPSA) is 101 Å². The van der Waals surface area contributed by atoms with Crippen molar-refractivity contribution in [2.24, 2.45) is 5.92 Å². The molecule has 2 aromatic heterocycles. The number of hydrogen-bond donors (Lipinski definition) is 1. The average Bonchev–Trinajstić information content (AvgIpc) is 3.21. The number of hydrogen-bond acceptors (Lipinski definition) is 6. The van der Waals surface area contributed by atoms with E-state index in [-0.39, 0.29) is 23.4 Å². The molecular formula is C17H20N4O4. The van der Waals surface area contributed by atoms with E-state index in [0.717, 1.165) is 24.1 Å². The number of fused-ring (bicyclic) bond motifs is 1. The number of oxazole rings is 1.